The van der Waals surface area contributed by atoms with E-state index >= 15 is 0 Å². The van der Waals surface area contributed by atoms with Crippen molar-refractivity contribution in [3.8, 4) is 11.4 Å². The number of carbonyl (C=O) groups is 1. The molecule has 11 nitrogen and oxygen atoms in total. The lowest BCUT2D eigenvalue weighted by atomic mass is 10.3. The molecule has 0 saturated carbocycles. The Bertz CT molecular complexity index is 1540. The van der Waals surface area contributed by atoms with E-state index in [9.17, 15) is 26.4 Å². The van der Waals surface area contributed by atoms with E-state index in [4.69, 9.17) is 4.74 Å². The fourth-order valence-corrected chi connectivity index (χ4v) is 4.24. The molecule has 0 aliphatic carbocycles. The summed E-state index contributed by atoms with van der Waals surface area (Å²) in [5, 5.41) is 7.62. The first kappa shape index (κ1) is 24.9. The van der Waals surface area contributed by atoms with Crippen LogP contribution in [0.1, 0.15) is 0 Å². The van der Waals surface area contributed by atoms with Gasteiger partial charge in [0.1, 0.15) is 10.6 Å². The van der Waals surface area contributed by atoms with E-state index in [1.54, 1.807) is 24.3 Å². The number of para-hydroxylation sites is 3. The summed E-state index contributed by atoms with van der Waals surface area (Å²) in [5.41, 5.74) is 0.714. The number of hydrogen-bond acceptors (Lipinski definition) is 9. The lowest BCUT2D eigenvalue weighted by molar-refractivity contribution is -0.219. The number of aromatic nitrogens is 4. The topological polar surface area (TPSA) is 129 Å². The molecular formula is C21H17F3N6O5S. The molecule has 0 spiro atoms. The molecule has 0 aliphatic rings. The van der Waals surface area contributed by atoms with E-state index in [-0.39, 0.29) is 21.8 Å². The van der Waals surface area contributed by atoms with Crippen molar-refractivity contribution in [1.29, 1.82) is 0 Å². The van der Waals surface area contributed by atoms with E-state index in [1.807, 2.05) is 0 Å². The molecule has 0 fully saturated rings. The summed E-state index contributed by atoms with van der Waals surface area (Å²) in [5.74, 6) is -2.01. The number of anilines is 2. The van der Waals surface area contributed by atoms with Crippen LogP contribution in [0.4, 0.5) is 24.8 Å². The Morgan fingerprint density at radius 1 is 1.08 bits per heavy atom. The van der Waals surface area contributed by atoms with E-state index in [0.717, 1.165) is 6.07 Å². The number of alkyl halides is 3. The SMILES string of the molecule is COc1ccccc1Nc1ncc2cnn(-c3ccccc3S(=O)(=O)N(C)OC(=O)C(F)(F)F)c2n1. The van der Waals surface area contributed by atoms with Crippen molar-refractivity contribution in [3.05, 3.63) is 60.9 Å². The van der Waals surface area contributed by atoms with Crippen molar-refractivity contribution in [2.75, 3.05) is 19.5 Å². The fraction of sp³-hybridized carbons (Fsp3) is 0.143. The molecule has 0 aliphatic heterocycles. The molecule has 2 heterocycles. The molecule has 36 heavy (non-hydrogen) atoms. The number of hydroxylamine groups is 1. The third kappa shape index (κ3) is 4.78. The average molecular weight is 522 g/mol. The first-order valence-electron chi connectivity index (χ1n) is 10.0. The normalized spacial score (nSPS) is 12.1. The van der Waals surface area contributed by atoms with Crippen molar-refractivity contribution >= 4 is 38.7 Å². The van der Waals surface area contributed by atoms with Gasteiger partial charge in [-0.1, -0.05) is 24.3 Å². The van der Waals surface area contributed by atoms with Crippen molar-refractivity contribution < 1.29 is 36.0 Å². The van der Waals surface area contributed by atoms with Gasteiger partial charge in [-0.3, -0.25) is 0 Å². The van der Waals surface area contributed by atoms with E-state index < -0.39 is 27.1 Å². The largest absolute Gasteiger partial charge is 0.495 e. The summed E-state index contributed by atoms with van der Waals surface area (Å²) in [6, 6.07) is 12.4. The van der Waals surface area contributed by atoms with Crippen LogP contribution in [0.5, 0.6) is 5.75 Å². The molecule has 188 valence electrons. The predicted molar refractivity (Wildman–Crippen MR) is 120 cm³/mol. The number of methoxy groups -OCH3 is 1. The highest BCUT2D eigenvalue weighted by Crippen LogP contribution is 2.29. The quantitative estimate of drug-likeness (QED) is 0.364. The second-order valence-corrected chi connectivity index (χ2v) is 9.02. The smallest absolute Gasteiger partial charge is 0.492 e. The molecule has 2 aromatic carbocycles. The lowest BCUT2D eigenvalue weighted by Crippen LogP contribution is -2.36. The Morgan fingerprint density at radius 3 is 2.50 bits per heavy atom. The van der Waals surface area contributed by atoms with Gasteiger partial charge in [0.15, 0.2) is 5.65 Å². The minimum absolute atomic E-state index is 0.0515. The number of ether oxygens (including phenoxy) is 1. The highest BCUT2D eigenvalue weighted by Gasteiger charge is 2.44. The Labute approximate surface area is 202 Å². The number of nitrogens with one attached hydrogen (secondary N) is 1. The Hall–Kier alpha value is -4.24. The molecule has 0 atom stereocenters. The van der Waals surface area contributed by atoms with Gasteiger partial charge in [0.2, 0.25) is 5.95 Å². The van der Waals surface area contributed by atoms with Crippen molar-refractivity contribution in [2.24, 2.45) is 0 Å². The van der Waals surface area contributed by atoms with Crippen LogP contribution in [-0.4, -0.2) is 58.9 Å². The summed E-state index contributed by atoms with van der Waals surface area (Å²) in [7, 11) is -2.56. The monoisotopic (exact) mass is 522 g/mol. The number of halogens is 3. The second-order valence-electron chi connectivity index (χ2n) is 7.11. The number of benzene rings is 2. The lowest BCUT2D eigenvalue weighted by Gasteiger charge is -2.19. The first-order valence-corrected chi connectivity index (χ1v) is 11.4. The number of carbonyl (C=O) groups excluding carboxylic acids is 1. The Morgan fingerprint density at radius 2 is 1.78 bits per heavy atom. The van der Waals surface area contributed by atoms with Crippen LogP contribution in [0.25, 0.3) is 16.7 Å². The van der Waals surface area contributed by atoms with Crippen molar-refractivity contribution in [1.82, 2.24) is 24.2 Å². The summed E-state index contributed by atoms with van der Waals surface area (Å²) in [4.78, 5) is 23.3. The fourth-order valence-electron chi connectivity index (χ4n) is 3.13. The zero-order valence-corrected chi connectivity index (χ0v) is 19.4. The average Bonchev–Trinajstić information content (AvgIpc) is 3.27. The molecule has 2 aromatic heterocycles. The maximum Gasteiger partial charge on any atom is 0.492 e. The molecular weight excluding hydrogens is 505 g/mol. The number of hydrogen-bond donors (Lipinski definition) is 1. The molecule has 0 saturated heterocycles. The summed E-state index contributed by atoms with van der Waals surface area (Å²) >= 11 is 0. The maximum absolute atomic E-state index is 13.0. The minimum Gasteiger partial charge on any atom is -0.495 e. The number of sulfonamides is 1. The zero-order valence-electron chi connectivity index (χ0n) is 18.6. The highest BCUT2D eigenvalue weighted by molar-refractivity contribution is 7.89. The van der Waals surface area contributed by atoms with Crippen LogP contribution >= 0.6 is 0 Å². The summed E-state index contributed by atoms with van der Waals surface area (Å²) in [6.07, 6.45) is -2.54. The number of nitrogens with zero attached hydrogens (tertiary/aromatic N) is 5. The third-order valence-corrected chi connectivity index (χ3v) is 6.47. The van der Waals surface area contributed by atoms with Crippen LogP contribution in [0, 0.1) is 0 Å². The molecule has 15 heteroatoms. The van der Waals surface area contributed by atoms with Crippen LogP contribution in [0.3, 0.4) is 0 Å². The first-order chi connectivity index (χ1) is 17.0. The molecule has 0 amide bonds. The van der Waals surface area contributed by atoms with Gasteiger partial charge in [-0.15, -0.1) is 0 Å². The van der Waals surface area contributed by atoms with Gasteiger partial charge < -0.3 is 14.9 Å². The van der Waals surface area contributed by atoms with Gasteiger partial charge in [0, 0.05) is 13.2 Å². The summed E-state index contributed by atoms with van der Waals surface area (Å²) in [6.45, 7) is 0. The molecule has 0 radical (unpaired) electrons. The van der Waals surface area contributed by atoms with Crippen LogP contribution in [0.2, 0.25) is 0 Å². The third-order valence-electron chi connectivity index (χ3n) is 4.82. The highest BCUT2D eigenvalue weighted by atomic mass is 32.2. The molecule has 4 rings (SSSR count). The standard InChI is InChI=1S/C21H17F3N6O5S/c1-29(35-19(31)21(22,23)24)36(32,33)17-10-6-4-8-15(17)30-18-13(12-26-30)11-25-20(28-18)27-14-7-3-5-9-16(14)34-2/h3-12H,1-2H3,(H,25,27,28). The number of fused-ring (bicyclic) bond motifs is 1. The minimum atomic E-state index is -5.39. The predicted octanol–water partition coefficient (Wildman–Crippen LogP) is 3.21. The Balaban J connectivity index is 1.74. The molecule has 1 N–H and O–H groups in total. The zero-order chi connectivity index (χ0) is 26.1. The van der Waals surface area contributed by atoms with Crippen molar-refractivity contribution in [2.45, 2.75) is 11.1 Å². The van der Waals surface area contributed by atoms with Gasteiger partial charge >= 0.3 is 12.1 Å². The van der Waals surface area contributed by atoms with Gasteiger partial charge in [0.25, 0.3) is 10.0 Å². The van der Waals surface area contributed by atoms with Gasteiger partial charge in [-0.05, 0) is 28.7 Å². The second kappa shape index (κ2) is 9.43. The van der Waals surface area contributed by atoms with Crippen molar-refractivity contribution in [3.63, 3.8) is 0 Å². The molecule has 0 unspecified atom stereocenters. The van der Waals surface area contributed by atoms with Gasteiger partial charge in [-0.2, -0.15) is 23.3 Å². The van der Waals surface area contributed by atoms with E-state index in [0.29, 0.717) is 23.9 Å². The van der Waals surface area contributed by atoms with Crippen LogP contribution in [0.15, 0.2) is 65.8 Å². The van der Waals surface area contributed by atoms with Gasteiger partial charge in [0.05, 0.1) is 30.1 Å². The van der Waals surface area contributed by atoms with Gasteiger partial charge in [-0.25, -0.2) is 22.9 Å². The Kier molecular flexibility index (Phi) is 6.51. The number of rotatable bonds is 7. The van der Waals surface area contributed by atoms with Crippen LogP contribution in [-0.2, 0) is 19.7 Å². The van der Waals surface area contributed by atoms with Crippen LogP contribution < -0.4 is 10.1 Å². The van der Waals surface area contributed by atoms with E-state index in [2.05, 4.69) is 25.2 Å². The summed E-state index contributed by atoms with van der Waals surface area (Å²) < 4.78 is 70.1. The molecule has 0 bridgehead atoms. The maximum atomic E-state index is 13.0. The van der Waals surface area contributed by atoms with E-state index in [1.165, 1.54) is 42.4 Å². The molecule has 4 aromatic rings.